The maximum absolute atomic E-state index is 12.9. The molecule has 1 rings (SSSR count). The summed E-state index contributed by atoms with van der Waals surface area (Å²) in [5.74, 6) is -0.372. The molecule has 0 bridgehead atoms. The first-order valence-electron chi connectivity index (χ1n) is 28.3. The number of ether oxygens (including phenoxy) is 4. The van der Waals surface area contributed by atoms with Crippen LogP contribution in [0.1, 0.15) is 219 Å². The predicted octanol–water partition coefficient (Wildman–Crippen LogP) is 14.7. The Bertz CT molecular complexity index is 1390. The highest BCUT2D eigenvalue weighted by Crippen LogP contribution is 2.23. The summed E-state index contributed by atoms with van der Waals surface area (Å²) < 4.78 is 22.9. The molecular formula is C61H104O9. The lowest BCUT2D eigenvalue weighted by Crippen LogP contribution is -2.59. The zero-order valence-corrected chi connectivity index (χ0v) is 44.5. The van der Waals surface area contributed by atoms with Gasteiger partial charge in [0.1, 0.15) is 30.5 Å². The van der Waals surface area contributed by atoms with Gasteiger partial charge in [0.25, 0.3) is 0 Å². The number of hydrogen-bond donors (Lipinski definition) is 4. The number of aliphatic hydroxyl groups is 4. The lowest BCUT2D eigenvalue weighted by atomic mass is 9.99. The van der Waals surface area contributed by atoms with Crippen LogP contribution in [0, 0.1) is 0 Å². The van der Waals surface area contributed by atoms with Gasteiger partial charge in [-0.3, -0.25) is 4.79 Å². The number of carbonyl (C=O) groups is 1. The Morgan fingerprint density at radius 1 is 0.471 bits per heavy atom. The van der Waals surface area contributed by atoms with Crippen molar-refractivity contribution < 1.29 is 44.2 Å². The van der Waals surface area contributed by atoms with Crippen molar-refractivity contribution >= 4 is 5.97 Å². The molecule has 9 nitrogen and oxygen atoms in total. The van der Waals surface area contributed by atoms with Crippen LogP contribution in [0.2, 0.25) is 0 Å². The van der Waals surface area contributed by atoms with Gasteiger partial charge in [0, 0.05) is 13.0 Å². The van der Waals surface area contributed by atoms with E-state index in [1.165, 1.54) is 128 Å². The summed E-state index contributed by atoms with van der Waals surface area (Å²) in [5, 5.41) is 40.3. The van der Waals surface area contributed by atoms with Crippen molar-refractivity contribution in [1.29, 1.82) is 0 Å². The molecule has 1 heterocycles. The van der Waals surface area contributed by atoms with Gasteiger partial charge >= 0.3 is 5.97 Å². The minimum atomic E-state index is -1.55. The molecule has 1 fully saturated rings. The molecule has 6 atom stereocenters. The van der Waals surface area contributed by atoms with Crippen LogP contribution in [0.15, 0.2) is 97.2 Å². The van der Waals surface area contributed by atoms with E-state index < -0.39 is 43.4 Å². The van der Waals surface area contributed by atoms with Crippen LogP contribution < -0.4 is 0 Å². The van der Waals surface area contributed by atoms with Crippen molar-refractivity contribution in [2.45, 2.75) is 256 Å². The van der Waals surface area contributed by atoms with E-state index in [0.717, 1.165) is 64.2 Å². The molecule has 1 aliphatic heterocycles. The Labute approximate surface area is 428 Å². The SMILES string of the molecule is CC/C=C\C/C=C\C/C=C\C/C=C\C/C=C\C/C=C\C/C=C\CCCC(=O)OC(COCCCCCCCCCCCCCC/C=C\CCCCCCCCCC)COC1OC(CO)C(O)C(O)C1O. The number of hydrogen-bond acceptors (Lipinski definition) is 9. The monoisotopic (exact) mass is 981 g/mol. The van der Waals surface area contributed by atoms with Crippen LogP contribution in [0.5, 0.6) is 0 Å². The second-order valence-electron chi connectivity index (χ2n) is 19.0. The number of esters is 1. The van der Waals surface area contributed by atoms with E-state index in [-0.39, 0.29) is 25.6 Å². The van der Waals surface area contributed by atoms with Gasteiger partial charge < -0.3 is 39.4 Å². The Hall–Kier alpha value is -2.89. The van der Waals surface area contributed by atoms with Gasteiger partial charge in [-0.1, -0.05) is 220 Å². The van der Waals surface area contributed by atoms with Crippen LogP contribution >= 0.6 is 0 Å². The van der Waals surface area contributed by atoms with Gasteiger partial charge in [0.05, 0.1) is 19.8 Å². The van der Waals surface area contributed by atoms with Gasteiger partial charge in [0.15, 0.2) is 6.29 Å². The van der Waals surface area contributed by atoms with Crippen LogP contribution in [-0.4, -0.2) is 89.6 Å². The Morgan fingerprint density at radius 3 is 1.33 bits per heavy atom. The molecule has 0 amide bonds. The van der Waals surface area contributed by atoms with E-state index in [4.69, 9.17) is 18.9 Å². The lowest BCUT2D eigenvalue weighted by molar-refractivity contribution is -0.305. The maximum Gasteiger partial charge on any atom is 0.306 e. The van der Waals surface area contributed by atoms with Crippen LogP contribution in [0.4, 0.5) is 0 Å². The van der Waals surface area contributed by atoms with Crippen molar-refractivity contribution in [3.8, 4) is 0 Å². The highest BCUT2D eigenvalue weighted by atomic mass is 16.7. The first-order valence-corrected chi connectivity index (χ1v) is 28.3. The number of aliphatic hydroxyl groups excluding tert-OH is 4. The molecular weight excluding hydrogens is 877 g/mol. The molecule has 0 aliphatic carbocycles. The van der Waals surface area contributed by atoms with E-state index in [9.17, 15) is 25.2 Å². The van der Waals surface area contributed by atoms with E-state index in [0.29, 0.717) is 13.0 Å². The Morgan fingerprint density at radius 2 is 0.871 bits per heavy atom. The molecule has 9 heteroatoms. The molecule has 4 N–H and O–H groups in total. The minimum absolute atomic E-state index is 0.116. The van der Waals surface area contributed by atoms with Gasteiger partial charge in [-0.05, 0) is 89.9 Å². The van der Waals surface area contributed by atoms with E-state index in [2.05, 4.69) is 111 Å². The number of allylic oxidation sites excluding steroid dienone is 16. The molecule has 0 radical (unpaired) electrons. The number of carbonyl (C=O) groups excluding carboxylic acids is 1. The summed E-state index contributed by atoms with van der Waals surface area (Å²) in [6.07, 6.45) is 64.6. The topological polar surface area (TPSA) is 135 Å². The molecule has 6 unspecified atom stereocenters. The normalized spacial score (nSPS) is 19.7. The first kappa shape index (κ1) is 65.1. The van der Waals surface area contributed by atoms with Crippen molar-refractivity contribution in [1.82, 2.24) is 0 Å². The van der Waals surface area contributed by atoms with Crippen LogP contribution in [0.3, 0.4) is 0 Å². The highest BCUT2D eigenvalue weighted by Gasteiger charge is 2.44. The third-order valence-electron chi connectivity index (χ3n) is 12.5. The summed E-state index contributed by atoms with van der Waals surface area (Å²) in [6, 6.07) is 0. The standard InChI is InChI=1S/C61H104O9/c1-3-5-7-9-11-13-15-17-19-21-23-25-27-29-31-33-35-37-39-41-43-45-47-49-51-67-53-55(54-68-61-60(66)59(65)58(64)56(52-62)70-61)69-57(63)50-48-46-44-42-40-38-36-34-32-30-28-26-24-22-20-18-16-14-12-10-8-6-4-2/h6,8,12,14,18,20-21,23-24,26,30,32,36,38,42,44,55-56,58-62,64-66H,3-5,7,9-11,13,15-17,19,22,25,27-29,31,33-35,37,39-41,43,45-54H2,1-2H3/b8-6-,14-12-,20-18-,23-21-,26-24-,32-30-,38-36-,44-42-. The number of unbranched alkanes of at least 4 members (excludes halogenated alkanes) is 21. The zero-order valence-electron chi connectivity index (χ0n) is 44.5. The van der Waals surface area contributed by atoms with Crippen molar-refractivity contribution in [2.24, 2.45) is 0 Å². The Balaban J connectivity index is 2.22. The number of rotatable bonds is 48. The molecule has 402 valence electrons. The molecule has 0 saturated carbocycles. The summed E-state index contributed by atoms with van der Waals surface area (Å²) in [4.78, 5) is 12.9. The molecule has 70 heavy (non-hydrogen) atoms. The first-order chi connectivity index (χ1) is 34.4. The molecule has 1 aliphatic rings. The summed E-state index contributed by atoms with van der Waals surface area (Å²) in [6.45, 7) is 4.38. The molecule has 0 spiro atoms. The van der Waals surface area contributed by atoms with Gasteiger partial charge in [0.2, 0.25) is 0 Å². The molecule has 0 aromatic heterocycles. The van der Waals surface area contributed by atoms with Crippen LogP contribution in [0.25, 0.3) is 0 Å². The molecule has 0 aromatic carbocycles. The van der Waals surface area contributed by atoms with Crippen molar-refractivity contribution in [3.05, 3.63) is 97.2 Å². The fourth-order valence-electron chi connectivity index (χ4n) is 8.12. The zero-order chi connectivity index (χ0) is 50.6. The third-order valence-corrected chi connectivity index (χ3v) is 12.5. The third kappa shape index (κ3) is 40.7. The maximum atomic E-state index is 12.9. The average molecular weight is 981 g/mol. The van der Waals surface area contributed by atoms with E-state index in [1.807, 2.05) is 0 Å². The summed E-state index contributed by atoms with van der Waals surface area (Å²) in [5.41, 5.74) is 0. The summed E-state index contributed by atoms with van der Waals surface area (Å²) in [7, 11) is 0. The minimum Gasteiger partial charge on any atom is -0.457 e. The quantitative estimate of drug-likeness (QED) is 0.0267. The lowest BCUT2D eigenvalue weighted by Gasteiger charge is -2.39. The fraction of sp³-hybridized carbons (Fsp3) is 0.721. The predicted molar refractivity (Wildman–Crippen MR) is 293 cm³/mol. The van der Waals surface area contributed by atoms with Crippen LogP contribution in [-0.2, 0) is 23.7 Å². The van der Waals surface area contributed by atoms with Gasteiger partial charge in [-0.2, -0.15) is 0 Å². The average Bonchev–Trinajstić information content (AvgIpc) is 3.36. The summed E-state index contributed by atoms with van der Waals surface area (Å²) >= 11 is 0. The molecule has 1 saturated heterocycles. The van der Waals surface area contributed by atoms with Gasteiger partial charge in [-0.25, -0.2) is 0 Å². The van der Waals surface area contributed by atoms with Crippen molar-refractivity contribution in [3.63, 3.8) is 0 Å². The van der Waals surface area contributed by atoms with E-state index in [1.54, 1.807) is 0 Å². The largest absolute Gasteiger partial charge is 0.457 e. The van der Waals surface area contributed by atoms with E-state index >= 15 is 0 Å². The van der Waals surface area contributed by atoms with Crippen molar-refractivity contribution in [2.75, 3.05) is 26.4 Å². The Kier molecular flexibility index (Phi) is 47.5. The fourth-order valence-corrected chi connectivity index (χ4v) is 8.12. The van der Waals surface area contributed by atoms with Gasteiger partial charge in [-0.15, -0.1) is 0 Å². The highest BCUT2D eigenvalue weighted by molar-refractivity contribution is 5.69. The smallest absolute Gasteiger partial charge is 0.306 e. The second kappa shape index (κ2) is 51.0. The molecule has 0 aromatic rings. The second-order valence-corrected chi connectivity index (χ2v) is 19.0.